The third-order valence-electron chi connectivity index (χ3n) is 2.40. The van der Waals surface area contributed by atoms with E-state index in [4.69, 9.17) is 5.73 Å². The number of aromatic nitrogens is 2. The molecule has 0 aliphatic carbocycles. The summed E-state index contributed by atoms with van der Waals surface area (Å²) in [6.45, 7) is 1.90. The molecule has 0 bridgehead atoms. The lowest BCUT2D eigenvalue weighted by Gasteiger charge is -2.07. The summed E-state index contributed by atoms with van der Waals surface area (Å²) in [4.78, 5) is 8.00. The molecule has 5 heteroatoms. The number of nitrogen functional groups attached to an aromatic ring is 1. The molecule has 2 rings (SSSR count). The van der Waals surface area contributed by atoms with Crippen molar-refractivity contribution in [2.75, 3.05) is 18.1 Å². The minimum atomic E-state index is -0.323. The number of benzene rings is 1. The third kappa shape index (κ3) is 2.33. The van der Waals surface area contributed by atoms with Crippen LogP contribution < -0.4 is 11.1 Å². The number of nitrogens with one attached hydrogen (secondary N) is 1. The molecule has 88 valence electrons. The number of anilines is 2. The van der Waals surface area contributed by atoms with Crippen LogP contribution in [0.2, 0.25) is 0 Å². The van der Waals surface area contributed by atoms with Gasteiger partial charge >= 0.3 is 0 Å². The normalized spacial score (nSPS) is 10.3. The van der Waals surface area contributed by atoms with Crippen molar-refractivity contribution >= 4 is 11.8 Å². The van der Waals surface area contributed by atoms with Crippen LogP contribution in [-0.4, -0.2) is 17.0 Å². The van der Waals surface area contributed by atoms with Gasteiger partial charge in [0.05, 0.1) is 5.69 Å². The molecular formula is C12H13FN4. The van der Waals surface area contributed by atoms with E-state index >= 15 is 0 Å². The number of aryl methyl sites for hydroxylation is 1. The average molecular weight is 232 g/mol. The molecule has 0 fully saturated rings. The van der Waals surface area contributed by atoms with Crippen LogP contribution in [0.15, 0.2) is 24.3 Å². The largest absolute Gasteiger partial charge is 0.373 e. The van der Waals surface area contributed by atoms with Gasteiger partial charge in [-0.3, -0.25) is 0 Å². The van der Waals surface area contributed by atoms with Crippen LogP contribution in [0.25, 0.3) is 11.3 Å². The number of rotatable bonds is 2. The Morgan fingerprint density at radius 1 is 1.24 bits per heavy atom. The quantitative estimate of drug-likeness (QED) is 0.833. The summed E-state index contributed by atoms with van der Waals surface area (Å²) in [5, 5.41) is 2.86. The summed E-state index contributed by atoms with van der Waals surface area (Å²) >= 11 is 0. The Morgan fingerprint density at radius 2 is 2.00 bits per heavy atom. The molecule has 1 aromatic heterocycles. The molecule has 17 heavy (non-hydrogen) atoms. The second kappa shape index (κ2) is 4.37. The highest BCUT2D eigenvalue weighted by atomic mass is 19.1. The van der Waals surface area contributed by atoms with E-state index in [1.807, 2.05) is 6.92 Å². The van der Waals surface area contributed by atoms with Crippen LogP contribution in [0.3, 0.4) is 0 Å². The van der Waals surface area contributed by atoms with Gasteiger partial charge in [-0.25, -0.2) is 9.37 Å². The van der Waals surface area contributed by atoms with Crippen molar-refractivity contribution in [3.8, 4) is 11.3 Å². The highest BCUT2D eigenvalue weighted by Gasteiger charge is 2.09. The SMILES string of the molecule is CNc1cc(-c2cc(C)ccc2F)nc(N)n1. The van der Waals surface area contributed by atoms with Gasteiger partial charge in [0.15, 0.2) is 0 Å². The van der Waals surface area contributed by atoms with Gasteiger partial charge in [0.25, 0.3) is 0 Å². The average Bonchev–Trinajstić information content (AvgIpc) is 2.31. The third-order valence-corrected chi connectivity index (χ3v) is 2.40. The Bertz CT molecular complexity index is 554. The lowest BCUT2D eigenvalue weighted by Crippen LogP contribution is -2.01. The molecule has 0 aliphatic heterocycles. The summed E-state index contributed by atoms with van der Waals surface area (Å²) in [5.41, 5.74) is 7.44. The number of nitrogens with two attached hydrogens (primary N) is 1. The van der Waals surface area contributed by atoms with E-state index in [1.165, 1.54) is 6.07 Å². The van der Waals surface area contributed by atoms with Gasteiger partial charge in [0, 0.05) is 18.7 Å². The van der Waals surface area contributed by atoms with Crippen LogP contribution in [0.1, 0.15) is 5.56 Å². The minimum Gasteiger partial charge on any atom is -0.373 e. The van der Waals surface area contributed by atoms with Gasteiger partial charge in [-0.1, -0.05) is 11.6 Å². The standard InChI is InChI=1S/C12H13FN4/c1-7-3-4-9(13)8(5-7)10-6-11(15-2)17-12(14)16-10/h3-6H,1-2H3,(H3,14,15,16,17). The first-order valence-electron chi connectivity index (χ1n) is 5.19. The molecule has 0 saturated carbocycles. The molecular weight excluding hydrogens is 219 g/mol. The zero-order valence-corrected chi connectivity index (χ0v) is 9.66. The molecule has 1 heterocycles. The molecule has 0 saturated heterocycles. The number of hydrogen-bond donors (Lipinski definition) is 2. The first-order chi connectivity index (χ1) is 8.10. The lowest BCUT2D eigenvalue weighted by atomic mass is 10.1. The van der Waals surface area contributed by atoms with Gasteiger partial charge in [0.1, 0.15) is 11.6 Å². The van der Waals surface area contributed by atoms with E-state index in [1.54, 1.807) is 25.2 Å². The first-order valence-corrected chi connectivity index (χ1v) is 5.19. The van der Waals surface area contributed by atoms with Crippen LogP contribution in [0, 0.1) is 12.7 Å². The fraction of sp³-hybridized carbons (Fsp3) is 0.167. The molecule has 0 atom stereocenters. The Labute approximate surface area is 98.7 Å². The summed E-state index contributed by atoms with van der Waals surface area (Å²) in [7, 11) is 1.72. The van der Waals surface area contributed by atoms with Gasteiger partial charge in [-0.2, -0.15) is 4.98 Å². The molecule has 0 amide bonds. The maximum Gasteiger partial charge on any atom is 0.222 e. The van der Waals surface area contributed by atoms with Crippen molar-refractivity contribution in [3.05, 3.63) is 35.6 Å². The summed E-state index contributed by atoms with van der Waals surface area (Å²) in [5.74, 6) is 0.358. The number of halogens is 1. The smallest absolute Gasteiger partial charge is 0.222 e. The van der Waals surface area contributed by atoms with Crippen molar-refractivity contribution in [1.29, 1.82) is 0 Å². The van der Waals surface area contributed by atoms with E-state index in [-0.39, 0.29) is 11.8 Å². The minimum absolute atomic E-state index is 0.118. The second-order valence-corrected chi connectivity index (χ2v) is 3.73. The van der Waals surface area contributed by atoms with E-state index < -0.39 is 0 Å². The molecule has 0 aliphatic rings. The fourth-order valence-electron chi connectivity index (χ4n) is 1.57. The lowest BCUT2D eigenvalue weighted by molar-refractivity contribution is 0.630. The highest BCUT2D eigenvalue weighted by molar-refractivity contribution is 5.65. The second-order valence-electron chi connectivity index (χ2n) is 3.73. The topological polar surface area (TPSA) is 63.8 Å². The molecule has 0 radical (unpaired) electrons. The first kappa shape index (κ1) is 11.3. The van der Waals surface area contributed by atoms with Gasteiger partial charge < -0.3 is 11.1 Å². The van der Waals surface area contributed by atoms with Crippen molar-refractivity contribution in [2.24, 2.45) is 0 Å². The van der Waals surface area contributed by atoms with Gasteiger partial charge in [-0.15, -0.1) is 0 Å². The Hall–Kier alpha value is -2.17. The maximum atomic E-state index is 13.7. The van der Waals surface area contributed by atoms with Gasteiger partial charge in [0.2, 0.25) is 5.95 Å². The highest BCUT2D eigenvalue weighted by Crippen LogP contribution is 2.24. The molecule has 0 spiro atoms. The summed E-state index contributed by atoms with van der Waals surface area (Å²) in [6, 6.07) is 6.52. The zero-order valence-electron chi connectivity index (χ0n) is 9.66. The van der Waals surface area contributed by atoms with Crippen molar-refractivity contribution in [2.45, 2.75) is 6.92 Å². The predicted molar refractivity (Wildman–Crippen MR) is 66.1 cm³/mol. The molecule has 0 unspecified atom stereocenters. The Morgan fingerprint density at radius 3 is 2.71 bits per heavy atom. The Kier molecular flexibility index (Phi) is 2.91. The van der Waals surface area contributed by atoms with E-state index in [9.17, 15) is 4.39 Å². The van der Waals surface area contributed by atoms with Crippen molar-refractivity contribution in [1.82, 2.24) is 9.97 Å². The molecule has 3 N–H and O–H groups in total. The molecule has 1 aromatic carbocycles. The monoisotopic (exact) mass is 232 g/mol. The fourth-order valence-corrected chi connectivity index (χ4v) is 1.57. The van der Waals surface area contributed by atoms with E-state index in [0.717, 1.165) is 5.56 Å². The zero-order chi connectivity index (χ0) is 12.4. The van der Waals surface area contributed by atoms with Crippen molar-refractivity contribution < 1.29 is 4.39 Å². The van der Waals surface area contributed by atoms with E-state index in [0.29, 0.717) is 17.1 Å². The van der Waals surface area contributed by atoms with Crippen molar-refractivity contribution in [3.63, 3.8) is 0 Å². The van der Waals surface area contributed by atoms with Crippen LogP contribution in [0.5, 0.6) is 0 Å². The molecule has 2 aromatic rings. The number of nitrogens with zero attached hydrogens (tertiary/aromatic N) is 2. The molecule has 4 nitrogen and oxygen atoms in total. The maximum absolute atomic E-state index is 13.7. The van der Waals surface area contributed by atoms with Crippen LogP contribution >= 0.6 is 0 Å². The summed E-state index contributed by atoms with van der Waals surface area (Å²) in [6.07, 6.45) is 0. The predicted octanol–water partition coefficient (Wildman–Crippen LogP) is 2.22. The van der Waals surface area contributed by atoms with E-state index in [2.05, 4.69) is 15.3 Å². The van der Waals surface area contributed by atoms with Crippen LogP contribution in [-0.2, 0) is 0 Å². The number of hydrogen-bond acceptors (Lipinski definition) is 4. The van der Waals surface area contributed by atoms with Gasteiger partial charge in [-0.05, 0) is 19.1 Å². The van der Waals surface area contributed by atoms with Crippen LogP contribution in [0.4, 0.5) is 16.2 Å². The Balaban J connectivity index is 2.59. The summed E-state index contributed by atoms with van der Waals surface area (Å²) < 4.78 is 13.7.